The largest absolute Gasteiger partial charge is 0.444 e. The molecule has 0 aromatic heterocycles. The van der Waals surface area contributed by atoms with Gasteiger partial charge < -0.3 is 15.0 Å². The van der Waals surface area contributed by atoms with Crippen LogP contribution in [0.15, 0.2) is 0 Å². The molecular formula is C12H24ClN3O2. The Hall–Kier alpha value is -0.520. The minimum atomic E-state index is -0.406. The van der Waals surface area contributed by atoms with Gasteiger partial charge in [-0.05, 0) is 27.8 Å². The van der Waals surface area contributed by atoms with Crippen LogP contribution in [0.25, 0.3) is 0 Å². The van der Waals surface area contributed by atoms with Gasteiger partial charge in [0.15, 0.2) is 0 Å². The number of hydrogen-bond acceptors (Lipinski definition) is 4. The van der Waals surface area contributed by atoms with Crippen molar-refractivity contribution >= 4 is 18.5 Å². The van der Waals surface area contributed by atoms with Crippen LogP contribution in [0.1, 0.15) is 20.8 Å². The van der Waals surface area contributed by atoms with Crippen molar-refractivity contribution in [1.29, 1.82) is 0 Å². The highest BCUT2D eigenvalue weighted by molar-refractivity contribution is 5.85. The number of likely N-dealkylation sites (N-methyl/N-ethyl adjacent to an activating group) is 1. The van der Waals surface area contributed by atoms with Crippen LogP contribution in [0.4, 0.5) is 4.79 Å². The second-order valence-corrected chi connectivity index (χ2v) is 6.16. The van der Waals surface area contributed by atoms with E-state index in [2.05, 4.69) is 17.3 Å². The third kappa shape index (κ3) is 3.08. The third-order valence-corrected chi connectivity index (χ3v) is 3.51. The molecule has 106 valence electrons. The predicted octanol–water partition coefficient (Wildman–Crippen LogP) is 0.933. The molecule has 2 aliphatic rings. The first-order valence-corrected chi connectivity index (χ1v) is 6.22. The van der Waals surface area contributed by atoms with E-state index in [0.29, 0.717) is 0 Å². The molecule has 0 unspecified atom stereocenters. The Bertz CT molecular complexity index is 311. The van der Waals surface area contributed by atoms with E-state index in [1.807, 2.05) is 20.8 Å². The fourth-order valence-corrected chi connectivity index (χ4v) is 2.41. The Morgan fingerprint density at radius 2 is 1.94 bits per heavy atom. The first-order valence-electron chi connectivity index (χ1n) is 6.22. The molecule has 6 heteroatoms. The van der Waals surface area contributed by atoms with Gasteiger partial charge in [0.25, 0.3) is 0 Å². The van der Waals surface area contributed by atoms with E-state index in [-0.39, 0.29) is 24.0 Å². The van der Waals surface area contributed by atoms with Crippen molar-refractivity contribution in [3.8, 4) is 0 Å². The highest BCUT2D eigenvalue weighted by Crippen LogP contribution is 2.29. The molecule has 0 aliphatic carbocycles. The zero-order valence-electron chi connectivity index (χ0n) is 11.7. The number of likely N-dealkylation sites (tertiary alicyclic amines) is 1. The molecule has 5 nitrogen and oxygen atoms in total. The summed E-state index contributed by atoms with van der Waals surface area (Å²) < 4.78 is 5.36. The number of carbonyl (C=O) groups excluding carboxylic acids is 1. The van der Waals surface area contributed by atoms with Crippen LogP contribution in [0, 0.1) is 0 Å². The quantitative estimate of drug-likeness (QED) is 0.716. The molecule has 1 N–H and O–H groups in total. The minimum absolute atomic E-state index is 0. The standard InChI is InChI=1S/C12H23N3O2.ClH/c1-11(2,3)17-10(16)15-8-12(9-15)7-13-5-6-14(12)4;/h13H,5-9H2,1-4H3;1H. The lowest BCUT2D eigenvalue weighted by Gasteiger charge is -2.56. The monoisotopic (exact) mass is 277 g/mol. The smallest absolute Gasteiger partial charge is 0.410 e. The van der Waals surface area contributed by atoms with Crippen LogP contribution in [-0.2, 0) is 4.74 Å². The highest BCUT2D eigenvalue weighted by Gasteiger charge is 2.49. The molecule has 2 fully saturated rings. The summed E-state index contributed by atoms with van der Waals surface area (Å²) in [5.41, 5.74) is -0.272. The zero-order valence-corrected chi connectivity index (χ0v) is 12.5. The van der Waals surface area contributed by atoms with Gasteiger partial charge in [-0.1, -0.05) is 0 Å². The van der Waals surface area contributed by atoms with Gasteiger partial charge in [-0.15, -0.1) is 12.4 Å². The summed E-state index contributed by atoms with van der Waals surface area (Å²) in [5.74, 6) is 0. The van der Waals surface area contributed by atoms with E-state index in [1.54, 1.807) is 4.90 Å². The first-order chi connectivity index (χ1) is 7.82. The summed E-state index contributed by atoms with van der Waals surface area (Å²) in [6.45, 7) is 10.3. The van der Waals surface area contributed by atoms with Crippen molar-refractivity contribution in [2.75, 3.05) is 39.8 Å². The van der Waals surface area contributed by atoms with Gasteiger partial charge in [-0.2, -0.15) is 0 Å². The Labute approximate surface area is 115 Å². The summed E-state index contributed by atoms with van der Waals surface area (Å²) in [6, 6.07) is 0. The molecule has 2 aliphatic heterocycles. The van der Waals surface area contributed by atoms with Crippen molar-refractivity contribution in [3.63, 3.8) is 0 Å². The van der Waals surface area contributed by atoms with Crippen molar-refractivity contribution in [2.45, 2.75) is 31.9 Å². The fraction of sp³-hybridized carbons (Fsp3) is 0.917. The number of ether oxygens (including phenoxy) is 1. The van der Waals surface area contributed by atoms with Crippen LogP contribution < -0.4 is 5.32 Å². The van der Waals surface area contributed by atoms with Crippen LogP contribution in [0.3, 0.4) is 0 Å². The number of amides is 1. The van der Waals surface area contributed by atoms with Gasteiger partial charge >= 0.3 is 6.09 Å². The number of nitrogens with one attached hydrogen (secondary N) is 1. The van der Waals surface area contributed by atoms with Crippen molar-refractivity contribution in [2.24, 2.45) is 0 Å². The number of nitrogens with zero attached hydrogens (tertiary/aromatic N) is 2. The lowest BCUT2D eigenvalue weighted by atomic mass is 9.87. The van der Waals surface area contributed by atoms with Crippen molar-refractivity contribution in [1.82, 2.24) is 15.1 Å². The Morgan fingerprint density at radius 1 is 1.33 bits per heavy atom. The van der Waals surface area contributed by atoms with Crippen molar-refractivity contribution in [3.05, 3.63) is 0 Å². The van der Waals surface area contributed by atoms with Gasteiger partial charge in [0.1, 0.15) is 5.60 Å². The molecular weight excluding hydrogens is 254 g/mol. The Balaban J connectivity index is 0.00000162. The first kappa shape index (κ1) is 15.5. The maximum absolute atomic E-state index is 11.8. The van der Waals surface area contributed by atoms with Gasteiger partial charge in [-0.3, -0.25) is 4.90 Å². The molecule has 0 saturated carbocycles. The number of rotatable bonds is 0. The van der Waals surface area contributed by atoms with E-state index >= 15 is 0 Å². The summed E-state index contributed by atoms with van der Waals surface area (Å²) in [6.07, 6.45) is -0.193. The number of piperazine rings is 1. The van der Waals surface area contributed by atoms with E-state index in [0.717, 1.165) is 32.7 Å². The second kappa shape index (κ2) is 5.23. The van der Waals surface area contributed by atoms with E-state index in [1.165, 1.54) is 0 Å². The molecule has 2 rings (SSSR count). The molecule has 1 amide bonds. The summed E-state index contributed by atoms with van der Waals surface area (Å²) in [5, 5.41) is 3.40. The SMILES string of the molecule is CN1CCNCC12CN(C(=O)OC(C)(C)C)C2.Cl. The average molecular weight is 278 g/mol. The van der Waals surface area contributed by atoms with Crippen LogP contribution in [-0.4, -0.2) is 66.8 Å². The normalized spacial score (nSPS) is 23.2. The van der Waals surface area contributed by atoms with Gasteiger partial charge in [-0.25, -0.2) is 4.79 Å². The van der Waals surface area contributed by atoms with Crippen LogP contribution >= 0.6 is 12.4 Å². The molecule has 0 radical (unpaired) electrons. The van der Waals surface area contributed by atoms with Gasteiger partial charge in [0.2, 0.25) is 0 Å². The second-order valence-electron chi connectivity index (χ2n) is 6.16. The molecule has 2 saturated heterocycles. The van der Waals surface area contributed by atoms with Crippen LogP contribution in [0.2, 0.25) is 0 Å². The van der Waals surface area contributed by atoms with Crippen LogP contribution in [0.5, 0.6) is 0 Å². The number of hydrogen-bond donors (Lipinski definition) is 1. The summed E-state index contributed by atoms with van der Waals surface area (Å²) in [4.78, 5) is 16.0. The predicted molar refractivity (Wildman–Crippen MR) is 73.3 cm³/mol. The number of carbonyl (C=O) groups is 1. The summed E-state index contributed by atoms with van der Waals surface area (Å²) in [7, 11) is 2.13. The lowest BCUT2D eigenvalue weighted by molar-refractivity contribution is -0.0639. The molecule has 0 aromatic carbocycles. The maximum atomic E-state index is 11.8. The molecule has 1 spiro atoms. The Morgan fingerprint density at radius 3 is 2.44 bits per heavy atom. The molecule has 0 atom stereocenters. The van der Waals surface area contributed by atoms with Gasteiger partial charge in [0, 0.05) is 32.7 Å². The molecule has 2 heterocycles. The van der Waals surface area contributed by atoms with E-state index < -0.39 is 5.60 Å². The minimum Gasteiger partial charge on any atom is -0.444 e. The summed E-state index contributed by atoms with van der Waals surface area (Å²) >= 11 is 0. The van der Waals surface area contributed by atoms with Crippen molar-refractivity contribution < 1.29 is 9.53 Å². The molecule has 18 heavy (non-hydrogen) atoms. The average Bonchev–Trinajstić information content (AvgIpc) is 2.12. The number of halogens is 1. The highest BCUT2D eigenvalue weighted by atomic mass is 35.5. The fourth-order valence-electron chi connectivity index (χ4n) is 2.41. The third-order valence-electron chi connectivity index (χ3n) is 3.51. The lowest BCUT2D eigenvalue weighted by Crippen LogP contribution is -2.76. The van der Waals surface area contributed by atoms with Gasteiger partial charge in [0.05, 0.1) is 5.54 Å². The topological polar surface area (TPSA) is 44.8 Å². The zero-order chi connectivity index (χ0) is 12.7. The molecule has 0 bridgehead atoms. The Kier molecular flexibility index (Phi) is 4.51. The van der Waals surface area contributed by atoms with E-state index in [4.69, 9.17) is 4.74 Å². The van der Waals surface area contributed by atoms with E-state index in [9.17, 15) is 4.79 Å². The maximum Gasteiger partial charge on any atom is 0.410 e. The molecule has 0 aromatic rings.